The molecule has 2 heterocycles. The molecule has 2 amide bonds. The van der Waals surface area contributed by atoms with Gasteiger partial charge < -0.3 is 29.5 Å². The molecule has 1 fully saturated rings. The van der Waals surface area contributed by atoms with Crippen LogP contribution in [0.3, 0.4) is 0 Å². The van der Waals surface area contributed by atoms with Gasteiger partial charge in [-0.1, -0.05) is 11.6 Å². The summed E-state index contributed by atoms with van der Waals surface area (Å²) >= 11 is 5.84. The largest absolute Gasteiger partial charge is 0.494 e. The molecular weight excluding hydrogens is 586 g/mol. The van der Waals surface area contributed by atoms with Crippen LogP contribution >= 0.6 is 11.6 Å². The fourth-order valence-corrected chi connectivity index (χ4v) is 4.48. The highest BCUT2D eigenvalue weighted by Gasteiger charge is 2.56. The molecule has 2 N–H and O–H groups in total. The van der Waals surface area contributed by atoms with Crippen molar-refractivity contribution in [3.63, 3.8) is 0 Å². The van der Waals surface area contributed by atoms with E-state index < -0.39 is 41.8 Å². The molecule has 1 saturated heterocycles. The average Bonchev–Trinajstić information content (AvgIpc) is 3.28. The number of benzene rings is 2. The molecule has 1 unspecified atom stereocenters. The van der Waals surface area contributed by atoms with Crippen molar-refractivity contribution in [3.8, 4) is 28.5 Å². The molecule has 4 rings (SSSR count). The monoisotopic (exact) mass is 611 g/mol. The number of nitrogens with zero attached hydrogens (tertiary/aromatic N) is 2. The predicted octanol–water partition coefficient (Wildman–Crippen LogP) is 4.35. The van der Waals surface area contributed by atoms with Crippen LogP contribution in [-0.2, 0) is 10.4 Å². The summed E-state index contributed by atoms with van der Waals surface area (Å²) in [5.41, 5.74) is -4.58. The number of rotatable bonds is 9. The van der Waals surface area contributed by atoms with Crippen LogP contribution in [0, 0.1) is 5.82 Å². The number of likely N-dealkylation sites (N-methyl/N-ethyl adjacent to an activating group) is 1. The molecule has 1 aromatic heterocycles. The Morgan fingerprint density at radius 2 is 1.79 bits per heavy atom. The average molecular weight is 612 g/mol. The molecule has 0 radical (unpaired) electrons. The minimum absolute atomic E-state index is 0.0373. The van der Waals surface area contributed by atoms with Crippen LogP contribution in [0.25, 0.3) is 11.3 Å². The number of pyridine rings is 1. The third-order valence-electron chi connectivity index (χ3n) is 6.74. The van der Waals surface area contributed by atoms with Crippen LogP contribution in [0.1, 0.15) is 22.5 Å². The molecule has 0 aliphatic carbocycles. The molecule has 0 spiro atoms. The summed E-state index contributed by atoms with van der Waals surface area (Å²) < 4.78 is 72.7. The zero-order valence-electron chi connectivity index (χ0n) is 22.6. The lowest BCUT2D eigenvalue weighted by Gasteiger charge is -2.30. The van der Waals surface area contributed by atoms with Gasteiger partial charge in [-0.2, -0.15) is 13.2 Å². The molecule has 224 valence electrons. The smallest absolute Gasteiger partial charge is 0.424 e. The predicted molar refractivity (Wildman–Crippen MR) is 143 cm³/mol. The maximum Gasteiger partial charge on any atom is 0.424 e. The Morgan fingerprint density at radius 3 is 2.38 bits per heavy atom. The van der Waals surface area contributed by atoms with E-state index in [0.717, 1.165) is 24.3 Å². The van der Waals surface area contributed by atoms with E-state index in [4.69, 9.17) is 25.8 Å². The quantitative estimate of drug-likeness (QED) is 0.346. The number of aromatic nitrogens is 1. The third kappa shape index (κ3) is 6.07. The molecule has 1 aliphatic heterocycles. The first-order valence-electron chi connectivity index (χ1n) is 12.5. The van der Waals surface area contributed by atoms with Gasteiger partial charge in [0.25, 0.3) is 11.8 Å². The fourth-order valence-electron chi connectivity index (χ4n) is 4.30. The molecule has 0 saturated carbocycles. The van der Waals surface area contributed by atoms with Crippen molar-refractivity contribution in [2.24, 2.45) is 0 Å². The Hall–Kier alpha value is -4.10. The summed E-state index contributed by atoms with van der Waals surface area (Å²) in [5, 5.41) is 12.7. The molecule has 14 heteroatoms. The van der Waals surface area contributed by atoms with Crippen molar-refractivity contribution in [2.45, 2.75) is 24.3 Å². The molecule has 9 nitrogen and oxygen atoms in total. The second-order valence-electron chi connectivity index (χ2n) is 9.44. The maximum absolute atomic E-state index is 14.3. The Morgan fingerprint density at radius 1 is 1.10 bits per heavy atom. The maximum atomic E-state index is 14.3. The van der Waals surface area contributed by atoms with Gasteiger partial charge >= 0.3 is 6.18 Å². The number of ether oxygens (including phenoxy) is 3. The Kier molecular flexibility index (Phi) is 8.83. The Labute approximate surface area is 243 Å². The first-order valence-corrected chi connectivity index (χ1v) is 12.8. The lowest BCUT2D eigenvalue weighted by atomic mass is 9.96. The topological polar surface area (TPSA) is 110 Å². The standard InChI is InChI=1S/C28H26ClF4N3O6/c1-36-11-10-21(26(36)38)42-19-7-5-16(13-22(19)41-3)25(37)34-14-27(39,28(31,32)33)23-9-8-20(40-2)24(35-23)15-4-6-18(30)17(29)12-15/h4-9,12-13,21,39H,10-11,14H2,1-3H3,(H,34,37)/t21?,27-/m1/s1. The van der Waals surface area contributed by atoms with Gasteiger partial charge in [0.05, 0.1) is 31.5 Å². The van der Waals surface area contributed by atoms with Crippen molar-refractivity contribution in [1.29, 1.82) is 0 Å². The Balaban J connectivity index is 1.59. The zero-order chi connectivity index (χ0) is 30.8. The van der Waals surface area contributed by atoms with Crippen molar-refractivity contribution in [1.82, 2.24) is 15.2 Å². The molecule has 1 aliphatic rings. The molecular formula is C28H26ClF4N3O6. The molecule has 3 aromatic rings. The number of halogens is 5. The number of likely N-dealkylation sites (tertiary alicyclic amines) is 1. The van der Waals surface area contributed by atoms with Crippen LogP contribution in [-0.4, -0.2) is 73.4 Å². The fraction of sp³-hybridized carbons (Fsp3) is 0.321. The second kappa shape index (κ2) is 12.0. The number of carbonyl (C=O) groups is 2. The van der Waals surface area contributed by atoms with Crippen molar-refractivity contribution in [2.75, 3.05) is 34.4 Å². The lowest BCUT2D eigenvalue weighted by molar-refractivity contribution is -0.265. The Bertz CT molecular complexity index is 1500. The van der Waals surface area contributed by atoms with Gasteiger partial charge in [0.15, 0.2) is 17.6 Å². The van der Waals surface area contributed by atoms with Gasteiger partial charge in [-0.05, 0) is 48.5 Å². The number of methoxy groups -OCH3 is 2. The first kappa shape index (κ1) is 30.8. The molecule has 2 atom stereocenters. The highest BCUT2D eigenvalue weighted by atomic mass is 35.5. The summed E-state index contributed by atoms with van der Waals surface area (Å²) in [6.07, 6.45) is -5.57. The lowest BCUT2D eigenvalue weighted by Crippen LogP contribution is -2.51. The normalized spacial score (nSPS) is 16.6. The van der Waals surface area contributed by atoms with Crippen LogP contribution < -0.4 is 19.5 Å². The molecule has 0 bridgehead atoms. The summed E-state index contributed by atoms with van der Waals surface area (Å²) in [4.78, 5) is 30.6. The number of nitrogens with one attached hydrogen (secondary N) is 1. The zero-order valence-corrected chi connectivity index (χ0v) is 23.3. The summed E-state index contributed by atoms with van der Waals surface area (Å²) in [6.45, 7) is -0.793. The number of aliphatic hydroxyl groups is 1. The van der Waals surface area contributed by atoms with Gasteiger partial charge in [-0.15, -0.1) is 0 Å². The molecule has 42 heavy (non-hydrogen) atoms. The minimum atomic E-state index is -5.28. The molecule has 2 aromatic carbocycles. The van der Waals surface area contributed by atoms with Crippen LogP contribution in [0.4, 0.5) is 17.6 Å². The van der Waals surface area contributed by atoms with E-state index in [1.807, 2.05) is 0 Å². The highest BCUT2D eigenvalue weighted by Crippen LogP contribution is 2.40. The van der Waals surface area contributed by atoms with E-state index in [1.165, 1.54) is 43.4 Å². The second-order valence-corrected chi connectivity index (χ2v) is 9.84. The summed E-state index contributed by atoms with van der Waals surface area (Å²) in [5.74, 6) is -1.64. The minimum Gasteiger partial charge on any atom is -0.494 e. The highest BCUT2D eigenvalue weighted by molar-refractivity contribution is 6.31. The van der Waals surface area contributed by atoms with Gasteiger partial charge in [-0.3, -0.25) is 9.59 Å². The SMILES string of the molecule is COc1cc(C(=O)NC[C@@](O)(c2ccc(OC)c(-c3ccc(F)c(Cl)c3)n2)C(F)(F)F)ccc1OC1CCN(C)C1=O. The van der Waals surface area contributed by atoms with Crippen LogP contribution in [0.2, 0.25) is 5.02 Å². The summed E-state index contributed by atoms with van der Waals surface area (Å²) in [6, 6.07) is 9.35. The van der Waals surface area contributed by atoms with Gasteiger partial charge in [-0.25, -0.2) is 9.37 Å². The van der Waals surface area contributed by atoms with E-state index in [0.29, 0.717) is 13.0 Å². The summed E-state index contributed by atoms with van der Waals surface area (Å²) in [7, 11) is 4.20. The van der Waals surface area contributed by atoms with Gasteiger partial charge in [0.1, 0.15) is 17.3 Å². The van der Waals surface area contributed by atoms with E-state index in [-0.39, 0.29) is 45.0 Å². The van der Waals surface area contributed by atoms with E-state index in [2.05, 4.69) is 10.3 Å². The third-order valence-corrected chi connectivity index (χ3v) is 7.03. The van der Waals surface area contributed by atoms with Crippen molar-refractivity contribution in [3.05, 3.63) is 70.6 Å². The number of hydrogen-bond acceptors (Lipinski definition) is 7. The van der Waals surface area contributed by atoms with Crippen LogP contribution in [0.15, 0.2) is 48.5 Å². The van der Waals surface area contributed by atoms with Gasteiger partial charge in [0.2, 0.25) is 5.60 Å². The van der Waals surface area contributed by atoms with Gasteiger partial charge in [0, 0.05) is 31.1 Å². The van der Waals surface area contributed by atoms with Crippen LogP contribution in [0.5, 0.6) is 17.2 Å². The number of alkyl halides is 3. The number of hydrogen-bond donors (Lipinski definition) is 2. The number of carbonyl (C=O) groups excluding carboxylic acids is 2. The van der Waals surface area contributed by atoms with Crippen molar-refractivity contribution < 1.29 is 46.5 Å². The van der Waals surface area contributed by atoms with E-state index >= 15 is 0 Å². The van der Waals surface area contributed by atoms with Crippen molar-refractivity contribution >= 4 is 23.4 Å². The van der Waals surface area contributed by atoms with E-state index in [1.54, 1.807) is 7.05 Å². The first-order chi connectivity index (χ1) is 19.8. The number of amides is 2. The van der Waals surface area contributed by atoms with E-state index in [9.17, 15) is 32.3 Å².